The lowest BCUT2D eigenvalue weighted by molar-refractivity contribution is -0.118. The molecule has 0 bridgehead atoms. The van der Waals surface area contributed by atoms with E-state index < -0.39 is 0 Å². The van der Waals surface area contributed by atoms with Gasteiger partial charge in [-0.1, -0.05) is 94.7 Å². The molecule has 0 saturated carbocycles. The first-order valence-electron chi connectivity index (χ1n) is 11.5. The SMILES string of the molecule is CCCCCCCC/C=C\CCCCCCCC(N)=O.Cc1ccccc1C. The molecule has 2 nitrogen and oxygen atoms in total. The van der Waals surface area contributed by atoms with Gasteiger partial charge >= 0.3 is 0 Å². The zero-order valence-corrected chi connectivity index (χ0v) is 18.8. The minimum Gasteiger partial charge on any atom is -0.370 e. The number of hydrogen-bond acceptors (Lipinski definition) is 1. The summed E-state index contributed by atoms with van der Waals surface area (Å²) in [4.78, 5) is 10.5. The van der Waals surface area contributed by atoms with Crippen molar-refractivity contribution in [2.45, 2.75) is 111 Å². The van der Waals surface area contributed by atoms with Crippen LogP contribution in [0.2, 0.25) is 0 Å². The highest BCUT2D eigenvalue weighted by Crippen LogP contribution is 2.09. The molecule has 0 aliphatic rings. The molecule has 0 aliphatic heterocycles. The summed E-state index contributed by atoms with van der Waals surface area (Å²) in [5.41, 5.74) is 7.83. The van der Waals surface area contributed by atoms with Crippen LogP contribution in [0, 0.1) is 13.8 Å². The summed E-state index contributed by atoms with van der Waals surface area (Å²) < 4.78 is 0. The molecule has 1 aromatic rings. The standard InChI is InChI=1S/C18H35NO.C8H10/c1-2-3-4-5-6-7-8-9-10-11-12-13-14-15-16-17-18(19)20;1-7-5-3-4-6-8(7)2/h9-10H,2-8,11-17H2,1H3,(H2,19,20);3-6H,1-2H3/b10-9-;. The molecule has 28 heavy (non-hydrogen) atoms. The molecule has 160 valence electrons. The van der Waals surface area contributed by atoms with E-state index in [0.717, 1.165) is 12.8 Å². The van der Waals surface area contributed by atoms with Gasteiger partial charge in [0.05, 0.1) is 0 Å². The molecule has 0 aliphatic carbocycles. The Hall–Kier alpha value is -1.57. The minimum atomic E-state index is -0.164. The number of unbranched alkanes of at least 4 members (excludes halogenated alkanes) is 11. The summed E-state index contributed by atoms with van der Waals surface area (Å²) in [6.45, 7) is 6.51. The van der Waals surface area contributed by atoms with Crippen LogP contribution in [0.15, 0.2) is 36.4 Å². The second kappa shape index (κ2) is 20.2. The fraction of sp³-hybridized carbons (Fsp3) is 0.654. The second-order valence-electron chi connectivity index (χ2n) is 7.88. The van der Waals surface area contributed by atoms with Crippen molar-refractivity contribution in [1.82, 2.24) is 0 Å². The Kier molecular flexibility index (Phi) is 19.0. The van der Waals surface area contributed by atoms with Gasteiger partial charge < -0.3 is 5.73 Å². The highest BCUT2D eigenvalue weighted by Gasteiger charge is 1.94. The summed E-state index contributed by atoms with van der Waals surface area (Å²) in [7, 11) is 0. The summed E-state index contributed by atoms with van der Waals surface area (Å²) in [6, 6.07) is 8.36. The molecule has 0 unspecified atom stereocenters. The molecule has 0 heterocycles. The van der Waals surface area contributed by atoms with Gasteiger partial charge in [-0.05, 0) is 57.1 Å². The lowest BCUT2D eigenvalue weighted by Crippen LogP contribution is -2.09. The van der Waals surface area contributed by atoms with Crippen LogP contribution in [-0.4, -0.2) is 5.91 Å². The number of carbonyl (C=O) groups excluding carboxylic acids is 1. The van der Waals surface area contributed by atoms with Crippen LogP contribution >= 0.6 is 0 Å². The second-order valence-corrected chi connectivity index (χ2v) is 7.88. The van der Waals surface area contributed by atoms with Crippen LogP contribution in [0.5, 0.6) is 0 Å². The lowest BCUT2D eigenvalue weighted by Gasteiger charge is -1.99. The highest BCUT2D eigenvalue weighted by atomic mass is 16.1. The predicted molar refractivity (Wildman–Crippen MR) is 125 cm³/mol. The van der Waals surface area contributed by atoms with Crippen molar-refractivity contribution in [2.75, 3.05) is 0 Å². The summed E-state index contributed by atoms with van der Waals surface area (Å²) in [6.07, 6.45) is 21.9. The molecule has 0 aromatic heterocycles. The Balaban J connectivity index is 0.000000749. The van der Waals surface area contributed by atoms with Gasteiger partial charge in [-0.2, -0.15) is 0 Å². The number of primary amides is 1. The third-order valence-electron chi connectivity index (χ3n) is 5.11. The van der Waals surface area contributed by atoms with E-state index in [4.69, 9.17) is 5.73 Å². The molecule has 0 spiro atoms. The van der Waals surface area contributed by atoms with Gasteiger partial charge in [-0.15, -0.1) is 0 Å². The summed E-state index contributed by atoms with van der Waals surface area (Å²) in [5, 5.41) is 0. The van der Waals surface area contributed by atoms with E-state index >= 15 is 0 Å². The van der Waals surface area contributed by atoms with Gasteiger partial charge in [0.25, 0.3) is 0 Å². The zero-order valence-electron chi connectivity index (χ0n) is 18.8. The van der Waals surface area contributed by atoms with E-state index in [1.807, 2.05) is 0 Å². The van der Waals surface area contributed by atoms with Gasteiger partial charge in [0.1, 0.15) is 0 Å². The highest BCUT2D eigenvalue weighted by molar-refractivity contribution is 5.73. The molecular weight excluding hydrogens is 342 g/mol. The maximum absolute atomic E-state index is 10.5. The van der Waals surface area contributed by atoms with Crippen molar-refractivity contribution in [3.05, 3.63) is 47.5 Å². The van der Waals surface area contributed by atoms with Gasteiger partial charge in [0.2, 0.25) is 5.91 Å². The van der Waals surface area contributed by atoms with E-state index in [1.54, 1.807) is 0 Å². The number of nitrogens with two attached hydrogens (primary N) is 1. The number of hydrogen-bond donors (Lipinski definition) is 1. The lowest BCUT2D eigenvalue weighted by atomic mass is 10.1. The van der Waals surface area contributed by atoms with Gasteiger partial charge in [-0.25, -0.2) is 0 Å². The first kappa shape index (κ1) is 26.4. The Labute approximate surface area is 175 Å². The van der Waals surface area contributed by atoms with Crippen LogP contribution in [0.4, 0.5) is 0 Å². The Morgan fingerprint density at radius 1 is 0.750 bits per heavy atom. The monoisotopic (exact) mass is 387 g/mol. The Bertz CT molecular complexity index is 486. The van der Waals surface area contributed by atoms with Crippen molar-refractivity contribution in [1.29, 1.82) is 0 Å². The molecule has 1 aromatic carbocycles. The quantitative estimate of drug-likeness (QED) is 0.242. The molecule has 0 fully saturated rings. The molecule has 0 saturated heterocycles. The normalized spacial score (nSPS) is 10.7. The van der Waals surface area contributed by atoms with Crippen molar-refractivity contribution >= 4 is 5.91 Å². The third-order valence-corrected chi connectivity index (χ3v) is 5.11. The van der Waals surface area contributed by atoms with Gasteiger partial charge in [0, 0.05) is 6.42 Å². The molecule has 0 atom stereocenters. The number of rotatable bonds is 15. The van der Waals surface area contributed by atoms with E-state index in [-0.39, 0.29) is 5.91 Å². The summed E-state index contributed by atoms with van der Waals surface area (Å²) in [5.74, 6) is -0.164. The van der Waals surface area contributed by atoms with Crippen molar-refractivity contribution in [3.63, 3.8) is 0 Å². The number of amides is 1. The van der Waals surface area contributed by atoms with E-state index in [9.17, 15) is 4.79 Å². The molecule has 0 radical (unpaired) electrons. The first-order valence-corrected chi connectivity index (χ1v) is 11.5. The van der Waals surface area contributed by atoms with Crippen LogP contribution in [0.3, 0.4) is 0 Å². The number of benzene rings is 1. The predicted octanol–water partition coefficient (Wildman–Crippen LogP) is 7.81. The number of carbonyl (C=O) groups is 1. The van der Waals surface area contributed by atoms with Gasteiger partial charge in [0.15, 0.2) is 0 Å². The smallest absolute Gasteiger partial charge is 0.217 e. The van der Waals surface area contributed by atoms with Gasteiger partial charge in [-0.3, -0.25) is 4.79 Å². The van der Waals surface area contributed by atoms with Crippen LogP contribution in [-0.2, 0) is 4.79 Å². The van der Waals surface area contributed by atoms with Crippen LogP contribution < -0.4 is 5.73 Å². The first-order chi connectivity index (χ1) is 13.6. The maximum Gasteiger partial charge on any atom is 0.217 e. The molecule has 1 amide bonds. The maximum atomic E-state index is 10.5. The van der Waals surface area contributed by atoms with Crippen molar-refractivity contribution < 1.29 is 4.79 Å². The molecule has 2 heteroatoms. The van der Waals surface area contributed by atoms with Crippen molar-refractivity contribution in [3.8, 4) is 0 Å². The third kappa shape index (κ3) is 19.2. The van der Waals surface area contributed by atoms with Crippen LogP contribution in [0.25, 0.3) is 0 Å². The topological polar surface area (TPSA) is 43.1 Å². The molecular formula is C26H45NO. The fourth-order valence-electron chi connectivity index (χ4n) is 3.03. The van der Waals surface area contributed by atoms with Crippen molar-refractivity contribution in [2.24, 2.45) is 5.73 Å². The van der Waals surface area contributed by atoms with Crippen LogP contribution in [0.1, 0.15) is 108 Å². The molecule has 2 N–H and O–H groups in total. The van der Waals surface area contributed by atoms with E-state index in [0.29, 0.717) is 6.42 Å². The Morgan fingerprint density at radius 2 is 1.18 bits per heavy atom. The minimum absolute atomic E-state index is 0.164. The average Bonchev–Trinajstić information content (AvgIpc) is 2.67. The Morgan fingerprint density at radius 3 is 1.61 bits per heavy atom. The largest absolute Gasteiger partial charge is 0.370 e. The fourth-order valence-corrected chi connectivity index (χ4v) is 3.03. The van der Waals surface area contributed by atoms with E-state index in [2.05, 4.69) is 57.2 Å². The average molecular weight is 388 g/mol. The molecule has 1 rings (SSSR count). The zero-order chi connectivity index (χ0) is 20.9. The number of allylic oxidation sites excluding steroid dienone is 2. The van der Waals surface area contributed by atoms with E-state index in [1.165, 1.54) is 81.8 Å². The summed E-state index contributed by atoms with van der Waals surface area (Å²) >= 11 is 0. The number of aryl methyl sites for hydroxylation is 2.